The number of piperazine rings is 1. The van der Waals surface area contributed by atoms with Gasteiger partial charge in [0.2, 0.25) is 0 Å². The molecule has 3 fully saturated rings. The van der Waals surface area contributed by atoms with E-state index in [1.807, 2.05) is 29.2 Å². The number of rotatable bonds is 6. The molecular formula is C32H32N6. The van der Waals surface area contributed by atoms with Crippen LogP contribution in [0.15, 0.2) is 91.4 Å². The van der Waals surface area contributed by atoms with E-state index in [2.05, 4.69) is 95.5 Å². The molecule has 0 aliphatic carbocycles. The molecule has 3 saturated heterocycles. The maximum Gasteiger partial charge on any atom is 0.128 e. The lowest BCUT2D eigenvalue weighted by molar-refractivity contribution is -0.00867. The van der Waals surface area contributed by atoms with Crippen molar-refractivity contribution >= 4 is 11.3 Å². The van der Waals surface area contributed by atoms with Gasteiger partial charge in [-0.3, -0.25) is 4.90 Å². The topological polar surface area (TPSA) is 49.6 Å². The zero-order valence-corrected chi connectivity index (χ0v) is 21.9. The van der Waals surface area contributed by atoms with Crippen molar-refractivity contribution in [3.63, 3.8) is 0 Å². The summed E-state index contributed by atoms with van der Waals surface area (Å²) in [4.78, 5) is 15.1. The Balaban J connectivity index is 1.12. The second-order valence-electron chi connectivity index (χ2n) is 10.9. The monoisotopic (exact) mass is 500 g/mol. The number of benzene rings is 2. The van der Waals surface area contributed by atoms with Gasteiger partial charge < -0.3 is 4.90 Å². The first-order valence-corrected chi connectivity index (χ1v) is 13.6. The summed E-state index contributed by atoms with van der Waals surface area (Å²) in [6, 6.07) is 27.0. The highest BCUT2D eigenvalue weighted by Gasteiger charge is 2.44. The van der Waals surface area contributed by atoms with Crippen molar-refractivity contribution in [2.24, 2.45) is 0 Å². The van der Waals surface area contributed by atoms with Crippen LogP contribution in [-0.4, -0.2) is 49.7 Å². The largest absolute Gasteiger partial charge is 0.353 e. The van der Waals surface area contributed by atoms with Crippen LogP contribution in [0.4, 0.5) is 5.82 Å². The number of hydrogen-bond donors (Lipinski definition) is 0. The molecule has 0 radical (unpaired) electrons. The summed E-state index contributed by atoms with van der Waals surface area (Å²) in [5.41, 5.74) is 7.62. The molecule has 5 aromatic rings. The fourth-order valence-electron chi connectivity index (χ4n) is 5.96. The quantitative estimate of drug-likeness (QED) is 0.284. The minimum atomic E-state index is 0.503. The van der Waals surface area contributed by atoms with Crippen LogP contribution in [0.1, 0.15) is 37.3 Å². The standard InChI is InChI=1S/C32H32N6/c1-22(2)24-8-10-25(11-9-24)29-21-38-30(14-15-34-38)32(35-29)26-12-13-31(33-17-26)36-19-27-16-28(20-36)37(27)18-23-6-4-3-5-7-23/h3-15,17,21-22,27-28H,16,18-20H2,1-2H3. The third-order valence-corrected chi connectivity index (χ3v) is 8.16. The fourth-order valence-corrected chi connectivity index (χ4v) is 5.96. The minimum absolute atomic E-state index is 0.503. The van der Waals surface area contributed by atoms with E-state index in [1.54, 1.807) is 0 Å². The zero-order valence-electron chi connectivity index (χ0n) is 21.9. The Bertz CT molecular complexity index is 1540. The molecule has 3 aliphatic rings. The fraction of sp³-hybridized carbons (Fsp3) is 0.281. The van der Waals surface area contributed by atoms with Gasteiger partial charge in [-0.05, 0) is 41.7 Å². The smallest absolute Gasteiger partial charge is 0.128 e. The Labute approximate surface area is 223 Å². The van der Waals surface area contributed by atoms with E-state index in [-0.39, 0.29) is 0 Å². The molecule has 6 nitrogen and oxygen atoms in total. The highest BCUT2D eigenvalue weighted by Crippen LogP contribution is 2.36. The summed E-state index contributed by atoms with van der Waals surface area (Å²) in [5.74, 6) is 1.55. The van der Waals surface area contributed by atoms with Gasteiger partial charge in [-0.1, -0.05) is 68.4 Å². The molecule has 2 bridgehead atoms. The molecule has 6 heteroatoms. The molecule has 8 rings (SSSR count). The van der Waals surface area contributed by atoms with Crippen molar-refractivity contribution in [2.45, 2.75) is 44.8 Å². The minimum Gasteiger partial charge on any atom is -0.353 e. The van der Waals surface area contributed by atoms with Gasteiger partial charge in [0.15, 0.2) is 0 Å². The molecule has 6 heterocycles. The summed E-state index contributed by atoms with van der Waals surface area (Å²) in [7, 11) is 0. The number of aromatic nitrogens is 4. The predicted molar refractivity (Wildman–Crippen MR) is 152 cm³/mol. The van der Waals surface area contributed by atoms with E-state index in [1.165, 1.54) is 17.5 Å². The molecular weight excluding hydrogens is 468 g/mol. The molecule has 0 spiro atoms. The van der Waals surface area contributed by atoms with Gasteiger partial charge in [-0.25, -0.2) is 14.5 Å². The lowest BCUT2D eigenvalue weighted by Crippen LogP contribution is -2.68. The predicted octanol–water partition coefficient (Wildman–Crippen LogP) is 6.04. The van der Waals surface area contributed by atoms with Crippen LogP contribution in [0, 0.1) is 0 Å². The van der Waals surface area contributed by atoms with Crippen molar-refractivity contribution in [1.82, 2.24) is 24.5 Å². The van der Waals surface area contributed by atoms with E-state index in [0.29, 0.717) is 18.0 Å². The summed E-state index contributed by atoms with van der Waals surface area (Å²) < 4.78 is 1.92. The second kappa shape index (κ2) is 9.37. The van der Waals surface area contributed by atoms with Gasteiger partial charge in [0.1, 0.15) is 5.82 Å². The van der Waals surface area contributed by atoms with Gasteiger partial charge in [0.25, 0.3) is 0 Å². The number of nitrogens with zero attached hydrogens (tertiary/aromatic N) is 6. The average Bonchev–Trinajstić information content (AvgIpc) is 3.45. The highest BCUT2D eigenvalue weighted by atomic mass is 15.4. The molecule has 0 amide bonds. The molecule has 2 unspecified atom stereocenters. The van der Waals surface area contributed by atoms with Crippen LogP contribution < -0.4 is 4.90 Å². The number of anilines is 1. The number of piperidine rings is 1. The van der Waals surface area contributed by atoms with Gasteiger partial charge in [0, 0.05) is 49.0 Å². The molecule has 190 valence electrons. The molecule has 0 saturated carbocycles. The van der Waals surface area contributed by atoms with Crippen molar-refractivity contribution in [2.75, 3.05) is 18.0 Å². The third-order valence-electron chi connectivity index (χ3n) is 8.16. The molecule has 2 atom stereocenters. The van der Waals surface area contributed by atoms with E-state index in [4.69, 9.17) is 9.97 Å². The Hall–Kier alpha value is -4.03. The van der Waals surface area contributed by atoms with Crippen LogP contribution >= 0.6 is 0 Å². The van der Waals surface area contributed by atoms with Gasteiger partial charge in [-0.2, -0.15) is 5.10 Å². The van der Waals surface area contributed by atoms with E-state index < -0.39 is 0 Å². The van der Waals surface area contributed by atoms with Gasteiger partial charge in [-0.15, -0.1) is 0 Å². The van der Waals surface area contributed by atoms with Crippen LogP contribution in [0.25, 0.3) is 28.0 Å². The first kappa shape index (κ1) is 23.1. The summed E-state index contributed by atoms with van der Waals surface area (Å²) in [5, 5.41) is 4.52. The summed E-state index contributed by atoms with van der Waals surface area (Å²) >= 11 is 0. The van der Waals surface area contributed by atoms with Crippen molar-refractivity contribution in [3.05, 3.63) is 103 Å². The van der Waals surface area contributed by atoms with E-state index >= 15 is 0 Å². The number of fused-ring (bicyclic) bond motifs is 3. The summed E-state index contributed by atoms with van der Waals surface area (Å²) in [6.07, 6.45) is 7.09. The average molecular weight is 501 g/mol. The molecule has 3 aromatic heterocycles. The first-order chi connectivity index (χ1) is 18.6. The van der Waals surface area contributed by atoms with Crippen molar-refractivity contribution < 1.29 is 0 Å². The Kier molecular flexibility index (Phi) is 5.70. The number of pyridine rings is 1. The maximum absolute atomic E-state index is 5.08. The normalized spacial score (nSPS) is 19.2. The van der Waals surface area contributed by atoms with Gasteiger partial charge >= 0.3 is 0 Å². The lowest BCUT2D eigenvalue weighted by Gasteiger charge is -2.56. The van der Waals surface area contributed by atoms with Crippen LogP contribution in [0.3, 0.4) is 0 Å². The van der Waals surface area contributed by atoms with Crippen LogP contribution in [0.5, 0.6) is 0 Å². The first-order valence-electron chi connectivity index (χ1n) is 13.6. The highest BCUT2D eigenvalue weighted by molar-refractivity contribution is 5.79. The van der Waals surface area contributed by atoms with Gasteiger partial charge in [0.05, 0.1) is 29.3 Å². The summed E-state index contributed by atoms with van der Waals surface area (Å²) in [6.45, 7) is 7.53. The second-order valence-corrected chi connectivity index (χ2v) is 10.9. The van der Waals surface area contributed by atoms with E-state index in [9.17, 15) is 0 Å². The zero-order chi connectivity index (χ0) is 25.6. The van der Waals surface area contributed by atoms with Crippen molar-refractivity contribution in [1.29, 1.82) is 0 Å². The van der Waals surface area contributed by atoms with Crippen molar-refractivity contribution in [3.8, 4) is 22.5 Å². The maximum atomic E-state index is 5.08. The number of hydrogen-bond acceptors (Lipinski definition) is 5. The Morgan fingerprint density at radius 2 is 1.63 bits per heavy atom. The molecule has 2 aromatic carbocycles. The molecule has 3 aliphatic heterocycles. The molecule has 0 N–H and O–H groups in total. The van der Waals surface area contributed by atoms with Crippen LogP contribution in [0.2, 0.25) is 0 Å². The Morgan fingerprint density at radius 1 is 0.868 bits per heavy atom. The Morgan fingerprint density at radius 3 is 2.34 bits per heavy atom. The van der Waals surface area contributed by atoms with Crippen LogP contribution in [-0.2, 0) is 6.54 Å². The molecule has 38 heavy (non-hydrogen) atoms. The lowest BCUT2D eigenvalue weighted by atomic mass is 9.86. The van der Waals surface area contributed by atoms with E-state index in [0.717, 1.165) is 53.5 Å². The third kappa shape index (κ3) is 4.15. The SMILES string of the molecule is CC(C)c1ccc(-c2cn3nccc3c(-c3ccc(N4CC5CC(C4)N5Cc4ccccc4)nc3)n2)cc1.